The minimum absolute atomic E-state index is 0.190. The first-order chi connectivity index (χ1) is 8.88. The second-order valence-electron chi connectivity index (χ2n) is 5.14. The number of rotatable bonds is 5. The second-order valence-corrected chi connectivity index (χ2v) is 5.14. The number of allylic oxidation sites excluding steroid dienone is 3. The van der Waals surface area contributed by atoms with Crippen LogP contribution in [-0.4, -0.2) is 33.9 Å². The standard InChI is InChI=1S/C15H23NO3/c1-4-5-6-9-12(2)15(19,13(17)18)14(3)10-7-8-11-16-14/h4-6,9,16,19H,2,7-8,10-11H2,1,3H3,(H,17,18)/b5-4-,9-6-/t14-,15?/m1/s1. The lowest BCUT2D eigenvalue weighted by molar-refractivity contribution is -0.163. The van der Waals surface area contributed by atoms with Gasteiger partial charge in [0.2, 0.25) is 5.60 Å². The van der Waals surface area contributed by atoms with Gasteiger partial charge in [-0.25, -0.2) is 4.79 Å². The van der Waals surface area contributed by atoms with Gasteiger partial charge in [-0.15, -0.1) is 0 Å². The van der Waals surface area contributed by atoms with E-state index in [0.29, 0.717) is 13.0 Å². The van der Waals surface area contributed by atoms with Crippen LogP contribution in [-0.2, 0) is 4.79 Å². The number of aliphatic carboxylic acids is 1. The SMILES string of the molecule is C=C(/C=C\C=C/C)C(O)(C(=O)O)[C@@]1(C)CCCCN1. The molecule has 4 nitrogen and oxygen atoms in total. The molecule has 19 heavy (non-hydrogen) atoms. The second kappa shape index (κ2) is 6.17. The molecular formula is C15H23NO3. The van der Waals surface area contributed by atoms with Crippen molar-refractivity contribution < 1.29 is 15.0 Å². The normalized spacial score (nSPS) is 27.5. The summed E-state index contributed by atoms with van der Waals surface area (Å²) in [4.78, 5) is 11.6. The number of carbonyl (C=O) groups is 1. The van der Waals surface area contributed by atoms with Crippen molar-refractivity contribution in [1.29, 1.82) is 0 Å². The van der Waals surface area contributed by atoms with Crippen LogP contribution in [0.2, 0.25) is 0 Å². The fraction of sp³-hybridized carbons (Fsp3) is 0.533. The van der Waals surface area contributed by atoms with Gasteiger partial charge in [0.25, 0.3) is 0 Å². The zero-order valence-electron chi connectivity index (χ0n) is 11.6. The van der Waals surface area contributed by atoms with Gasteiger partial charge in [-0.2, -0.15) is 0 Å². The molecule has 1 fully saturated rings. The van der Waals surface area contributed by atoms with Gasteiger partial charge in [-0.05, 0) is 38.8 Å². The Labute approximate surface area is 114 Å². The van der Waals surface area contributed by atoms with Crippen LogP contribution >= 0.6 is 0 Å². The average Bonchev–Trinajstić information content (AvgIpc) is 2.38. The molecule has 1 saturated heterocycles. The monoisotopic (exact) mass is 265 g/mol. The predicted molar refractivity (Wildman–Crippen MR) is 75.9 cm³/mol. The molecule has 0 saturated carbocycles. The zero-order chi connectivity index (χ0) is 14.5. The number of hydrogen-bond acceptors (Lipinski definition) is 3. The molecule has 4 heteroatoms. The molecule has 106 valence electrons. The summed E-state index contributed by atoms with van der Waals surface area (Å²) in [6.07, 6.45) is 9.32. The van der Waals surface area contributed by atoms with Crippen molar-refractivity contribution in [1.82, 2.24) is 5.32 Å². The fourth-order valence-electron chi connectivity index (χ4n) is 2.50. The number of carboxylic acids is 1. The van der Waals surface area contributed by atoms with E-state index in [-0.39, 0.29) is 5.57 Å². The first-order valence-electron chi connectivity index (χ1n) is 6.58. The van der Waals surface area contributed by atoms with Crippen molar-refractivity contribution >= 4 is 5.97 Å². The van der Waals surface area contributed by atoms with Crippen molar-refractivity contribution in [2.75, 3.05) is 6.54 Å². The molecule has 1 heterocycles. The Morgan fingerprint density at radius 2 is 2.11 bits per heavy atom. The molecule has 1 unspecified atom stereocenters. The summed E-state index contributed by atoms with van der Waals surface area (Å²) < 4.78 is 0. The van der Waals surface area contributed by atoms with Crippen LogP contribution in [0.25, 0.3) is 0 Å². The topological polar surface area (TPSA) is 69.6 Å². The Bertz CT molecular complexity index is 406. The molecule has 0 aromatic carbocycles. The number of nitrogens with one attached hydrogen (secondary N) is 1. The third-order valence-corrected chi connectivity index (χ3v) is 3.79. The zero-order valence-corrected chi connectivity index (χ0v) is 11.6. The van der Waals surface area contributed by atoms with Crippen molar-refractivity contribution in [2.45, 2.75) is 44.2 Å². The maximum absolute atomic E-state index is 11.6. The van der Waals surface area contributed by atoms with E-state index in [0.717, 1.165) is 12.8 Å². The van der Waals surface area contributed by atoms with Gasteiger partial charge in [0.1, 0.15) is 0 Å². The molecule has 1 aliphatic rings. The van der Waals surface area contributed by atoms with Gasteiger partial charge in [0, 0.05) is 0 Å². The van der Waals surface area contributed by atoms with Crippen LogP contribution in [0.5, 0.6) is 0 Å². The summed E-state index contributed by atoms with van der Waals surface area (Å²) in [6.45, 7) is 8.06. The highest BCUT2D eigenvalue weighted by Crippen LogP contribution is 2.36. The van der Waals surface area contributed by atoms with Gasteiger partial charge in [-0.3, -0.25) is 0 Å². The van der Waals surface area contributed by atoms with E-state index in [4.69, 9.17) is 0 Å². The van der Waals surface area contributed by atoms with Crippen molar-refractivity contribution in [3.8, 4) is 0 Å². The lowest BCUT2D eigenvalue weighted by Crippen LogP contribution is -2.67. The summed E-state index contributed by atoms with van der Waals surface area (Å²) in [5, 5.41) is 23.3. The first-order valence-corrected chi connectivity index (χ1v) is 6.58. The first kappa shape index (κ1) is 15.7. The van der Waals surface area contributed by atoms with E-state index in [2.05, 4.69) is 11.9 Å². The minimum Gasteiger partial charge on any atom is -0.479 e. The van der Waals surface area contributed by atoms with Crippen LogP contribution in [0, 0.1) is 0 Å². The van der Waals surface area contributed by atoms with E-state index in [1.807, 2.05) is 13.0 Å². The van der Waals surface area contributed by atoms with E-state index < -0.39 is 17.1 Å². The maximum atomic E-state index is 11.6. The molecule has 0 bridgehead atoms. The lowest BCUT2D eigenvalue weighted by Gasteiger charge is -2.45. The smallest absolute Gasteiger partial charge is 0.342 e. The predicted octanol–water partition coefficient (Wildman–Crippen LogP) is 2.02. The molecule has 0 radical (unpaired) electrons. The highest BCUT2D eigenvalue weighted by molar-refractivity contribution is 5.84. The summed E-state index contributed by atoms with van der Waals surface area (Å²) >= 11 is 0. The molecule has 0 spiro atoms. The van der Waals surface area contributed by atoms with Gasteiger partial charge in [0.05, 0.1) is 5.54 Å². The molecule has 3 N–H and O–H groups in total. The quantitative estimate of drug-likeness (QED) is 0.665. The summed E-state index contributed by atoms with van der Waals surface area (Å²) in [6, 6.07) is 0. The molecule has 0 aliphatic carbocycles. The summed E-state index contributed by atoms with van der Waals surface area (Å²) in [5.41, 5.74) is -2.70. The van der Waals surface area contributed by atoms with E-state index >= 15 is 0 Å². The van der Waals surface area contributed by atoms with Crippen molar-refractivity contribution in [3.63, 3.8) is 0 Å². The van der Waals surface area contributed by atoms with Crippen LogP contribution in [0.3, 0.4) is 0 Å². The van der Waals surface area contributed by atoms with Gasteiger partial charge >= 0.3 is 5.97 Å². The molecule has 1 aliphatic heterocycles. The number of aliphatic hydroxyl groups is 1. The number of hydrogen-bond donors (Lipinski definition) is 3. The Balaban J connectivity index is 3.09. The minimum atomic E-state index is -1.99. The Hall–Kier alpha value is -1.39. The molecule has 0 aromatic heterocycles. The third-order valence-electron chi connectivity index (χ3n) is 3.79. The molecule has 1 rings (SSSR count). The number of carboxylic acid groups (broad SMARTS) is 1. The Morgan fingerprint density at radius 3 is 2.58 bits per heavy atom. The highest BCUT2D eigenvalue weighted by Gasteiger charge is 2.54. The van der Waals surface area contributed by atoms with Gasteiger partial charge in [-0.1, -0.05) is 37.3 Å². The van der Waals surface area contributed by atoms with E-state index in [1.54, 1.807) is 25.2 Å². The number of piperidine rings is 1. The lowest BCUT2D eigenvalue weighted by atomic mass is 9.71. The highest BCUT2D eigenvalue weighted by atomic mass is 16.4. The summed E-state index contributed by atoms with van der Waals surface area (Å²) in [5.74, 6) is -1.26. The van der Waals surface area contributed by atoms with Gasteiger partial charge < -0.3 is 15.5 Å². The van der Waals surface area contributed by atoms with Gasteiger partial charge in [0.15, 0.2) is 0 Å². The Kier molecular flexibility index (Phi) is 5.09. The fourth-order valence-corrected chi connectivity index (χ4v) is 2.50. The molecule has 0 aromatic rings. The average molecular weight is 265 g/mol. The molecular weight excluding hydrogens is 242 g/mol. The van der Waals surface area contributed by atoms with Crippen LogP contribution in [0.1, 0.15) is 33.1 Å². The Morgan fingerprint density at radius 1 is 1.42 bits per heavy atom. The molecule has 0 amide bonds. The molecule has 2 atom stereocenters. The largest absolute Gasteiger partial charge is 0.479 e. The van der Waals surface area contributed by atoms with E-state index in [1.165, 1.54) is 0 Å². The summed E-state index contributed by atoms with van der Waals surface area (Å²) in [7, 11) is 0. The van der Waals surface area contributed by atoms with Crippen LogP contribution in [0.15, 0.2) is 36.5 Å². The van der Waals surface area contributed by atoms with Crippen molar-refractivity contribution in [3.05, 3.63) is 36.5 Å². The van der Waals surface area contributed by atoms with Crippen LogP contribution < -0.4 is 5.32 Å². The third kappa shape index (κ3) is 2.96. The maximum Gasteiger partial charge on any atom is 0.342 e. The van der Waals surface area contributed by atoms with Crippen LogP contribution in [0.4, 0.5) is 0 Å². The van der Waals surface area contributed by atoms with Crippen molar-refractivity contribution in [2.24, 2.45) is 0 Å². The van der Waals surface area contributed by atoms with E-state index in [9.17, 15) is 15.0 Å².